The number of H-pyrrole nitrogens is 1. The van der Waals surface area contributed by atoms with Crippen molar-refractivity contribution in [1.29, 1.82) is 0 Å². The van der Waals surface area contributed by atoms with Crippen LogP contribution in [0.4, 0.5) is 5.69 Å². The quantitative estimate of drug-likeness (QED) is 0.716. The SMILES string of the molecule is Cc1ccc2nc(S[C@H](C)C(=O)Nc3ccccc3)[nH]c2c1. The number of rotatable bonds is 4. The Hall–Kier alpha value is -2.27. The Balaban J connectivity index is 1.69. The minimum Gasteiger partial charge on any atom is -0.333 e. The van der Waals surface area contributed by atoms with E-state index < -0.39 is 0 Å². The van der Waals surface area contributed by atoms with E-state index in [1.54, 1.807) is 0 Å². The fourth-order valence-corrected chi connectivity index (χ4v) is 2.96. The van der Waals surface area contributed by atoms with Gasteiger partial charge in [0.1, 0.15) is 0 Å². The van der Waals surface area contributed by atoms with E-state index >= 15 is 0 Å². The van der Waals surface area contributed by atoms with Gasteiger partial charge in [0.25, 0.3) is 0 Å². The van der Waals surface area contributed by atoms with Crippen molar-refractivity contribution in [1.82, 2.24) is 9.97 Å². The molecule has 1 atom stereocenters. The maximum absolute atomic E-state index is 12.2. The van der Waals surface area contributed by atoms with Gasteiger partial charge >= 0.3 is 0 Å². The van der Waals surface area contributed by atoms with Gasteiger partial charge in [0.2, 0.25) is 5.91 Å². The third kappa shape index (κ3) is 3.31. The van der Waals surface area contributed by atoms with Crippen molar-refractivity contribution in [3.05, 3.63) is 54.1 Å². The van der Waals surface area contributed by atoms with Crippen LogP contribution in [-0.2, 0) is 4.79 Å². The van der Waals surface area contributed by atoms with Gasteiger partial charge in [0.15, 0.2) is 5.16 Å². The zero-order chi connectivity index (χ0) is 15.5. The van der Waals surface area contributed by atoms with Crippen molar-refractivity contribution in [3.63, 3.8) is 0 Å². The number of fused-ring (bicyclic) bond motifs is 1. The first-order valence-electron chi connectivity index (χ1n) is 7.11. The normalized spacial score (nSPS) is 12.3. The van der Waals surface area contributed by atoms with E-state index in [2.05, 4.69) is 21.4 Å². The summed E-state index contributed by atoms with van der Waals surface area (Å²) in [5, 5.41) is 3.43. The van der Waals surface area contributed by atoms with Gasteiger partial charge < -0.3 is 10.3 Å². The van der Waals surface area contributed by atoms with E-state index in [-0.39, 0.29) is 11.2 Å². The van der Waals surface area contributed by atoms with Gasteiger partial charge in [-0.1, -0.05) is 36.0 Å². The Morgan fingerprint density at radius 2 is 2.00 bits per heavy atom. The molecule has 22 heavy (non-hydrogen) atoms. The van der Waals surface area contributed by atoms with Crippen LogP contribution >= 0.6 is 11.8 Å². The molecule has 2 N–H and O–H groups in total. The molecule has 2 aromatic carbocycles. The summed E-state index contributed by atoms with van der Waals surface area (Å²) in [6.07, 6.45) is 0. The molecule has 0 aliphatic heterocycles. The molecule has 0 radical (unpaired) electrons. The number of aromatic nitrogens is 2. The maximum atomic E-state index is 12.2. The highest BCUT2D eigenvalue weighted by Crippen LogP contribution is 2.24. The molecular formula is C17H17N3OS. The molecule has 3 aromatic rings. The number of imidazole rings is 1. The summed E-state index contributed by atoms with van der Waals surface area (Å²) >= 11 is 1.42. The lowest BCUT2D eigenvalue weighted by atomic mass is 10.2. The van der Waals surface area contributed by atoms with Crippen molar-refractivity contribution in [2.24, 2.45) is 0 Å². The summed E-state index contributed by atoms with van der Waals surface area (Å²) in [7, 11) is 0. The molecule has 1 amide bonds. The minimum absolute atomic E-state index is 0.0344. The fourth-order valence-electron chi connectivity index (χ4n) is 2.14. The molecule has 3 rings (SSSR count). The number of carbonyl (C=O) groups is 1. The van der Waals surface area contributed by atoms with E-state index in [0.717, 1.165) is 21.9 Å². The van der Waals surface area contributed by atoms with Crippen LogP contribution in [0.2, 0.25) is 0 Å². The number of para-hydroxylation sites is 1. The summed E-state index contributed by atoms with van der Waals surface area (Å²) in [4.78, 5) is 20.0. The average Bonchev–Trinajstić information content (AvgIpc) is 2.89. The van der Waals surface area contributed by atoms with Gasteiger partial charge in [-0.15, -0.1) is 0 Å². The number of anilines is 1. The van der Waals surface area contributed by atoms with Crippen LogP contribution in [0.15, 0.2) is 53.7 Å². The summed E-state index contributed by atoms with van der Waals surface area (Å²) in [6.45, 7) is 3.92. The lowest BCUT2D eigenvalue weighted by molar-refractivity contribution is -0.115. The van der Waals surface area contributed by atoms with Gasteiger partial charge in [-0.3, -0.25) is 4.79 Å². The molecule has 1 aromatic heterocycles. The fraction of sp³-hybridized carbons (Fsp3) is 0.176. The number of aryl methyl sites for hydroxylation is 1. The van der Waals surface area contributed by atoms with Crippen LogP contribution < -0.4 is 5.32 Å². The monoisotopic (exact) mass is 311 g/mol. The third-order valence-electron chi connectivity index (χ3n) is 3.31. The standard InChI is InChI=1S/C17H17N3OS/c1-11-8-9-14-15(10-11)20-17(19-14)22-12(2)16(21)18-13-6-4-3-5-7-13/h3-10,12H,1-2H3,(H,18,21)(H,19,20)/t12-/m1/s1. The Kier molecular flexibility index (Phi) is 4.15. The van der Waals surface area contributed by atoms with Gasteiger partial charge in [0.05, 0.1) is 16.3 Å². The van der Waals surface area contributed by atoms with E-state index in [9.17, 15) is 4.79 Å². The lowest BCUT2D eigenvalue weighted by Crippen LogP contribution is -2.22. The molecule has 112 valence electrons. The van der Waals surface area contributed by atoms with Gasteiger partial charge in [-0.2, -0.15) is 0 Å². The molecular weight excluding hydrogens is 294 g/mol. The maximum Gasteiger partial charge on any atom is 0.237 e. The Morgan fingerprint density at radius 3 is 2.77 bits per heavy atom. The van der Waals surface area contributed by atoms with Crippen LogP contribution in [0.5, 0.6) is 0 Å². The van der Waals surface area contributed by atoms with Gasteiger partial charge in [0, 0.05) is 5.69 Å². The zero-order valence-electron chi connectivity index (χ0n) is 12.5. The number of amides is 1. The number of hydrogen-bond donors (Lipinski definition) is 2. The Bertz CT molecular complexity index is 798. The molecule has 0 fully saturated rings. The zero-order valence-corrected chi connectivity index (χ0v) is 13.3. The van der Waals surface area contributed by atoms with Crippen molar-refractivity contribution in [3.8, 4) is 0 Å². The minimum atomic E-state index is -0.234. The molecule has 0 saturated heterocycles. The largest absolute Gasteiger partial charge is 0.333 e. The van der Waals surface area contributed by atoms with Crippen molar-refractivity contribution >= 4 is 34.4 Å². The average molecular weight is 311 g/mol. The first-order valence-corrected chi connectivity index (χ1v) is 7.99. The highest BCUT2D eigenvalue weighted by atomic mass is 32.2. The number of nitrogens with zero attached hydrogens (tertiary/aromatic N) is 1. The van der Waals surface area contributed by atoms with E-state index in [1.165, 1.54) is 17.3 Å². The smallest absolute Gasteiger partial charge is 0.237 e. The van der Waals surface area contributed by atoms with Crippen LogP contribution in [0, 0.1) is 6.92 Å². The number of hydrogen-bond acceptors (Lipinski definition) is 3. The number of benzene rings is 2. The molecule has 0 aliphatic rings. The highest BCUT2D eigenvalue weighted by Gasteiger charge is 2.16. The second-order valence-corrected chi connectivity index (χ2v) is 6.51. The number of carbonyl (C=O) groups excluding carboxylic acids is 1. The van der Waals surface area contributed by atoms with Crippen molar-refractivity contribution in [2.75, 3.05) is 5.32 Å². The van der Waals surface area contributed by atoms with Crippen LogP contribution in [0.25, 0.3) is 11.0 Å². The molecule has 1 heterocycles. The summed E-state index contributed by atoms with van der Waals surface area (Å²) < 4.78 is 0. The van der Waals surface area contributed by atoms with Crippen molar-refractivity contribution in [2.45, 2.75) is 24.3 Å². The van der Waals surface area contributed by atoms with E-state index in [0.29, 0.717) is 0 Å². The topological polar surface area (TPSA) is 57.8 Å². The summed E-state index contributed by atoms with van der Waals surface area (Å²) in [5.41, 5.74) is 3.91. The first kappa shape index (κ1) is 14.7. The van der Waals surface area contributed by atoms with Gasteiger partial charge in [-0.05, 0) is 43.7 Å². The lowest BCUT2D eigenvalue weighted by Gasteiger charge is -2.10. The molecule has 5 heteroatoms. The van der Waals surface area contributed by atoms with Crippen LogP contribution in [0.3, 0.4) is 0 Å². The summed E-state index contributed by atoms with van der Waals surface area (Å²) in [6, 6.07) is 15.5. The Morgan fingerprint density at radius 1 is 1.23 bits per heavy atom. The first-order chi connectivity index (χ1) is 10.6. The molecule has 0 saturated carbocycles. The van der Waals surface area contributed by atoms with E-state index in [1.807, 2.05) is 56.3 Å². The second kappa shape index (κ2) is 6.23. The third-order valence-corrected chi connectivity index (χ3v) is 4.30. The predicted octanol–water partition coefficient (Wildman–Crippen LogP) is 3.99. The molecule has 0 unspecified atom stereocenters. The molecule has 0 bridgehead atoms. The second-order valence-electron chi connectivity index (χ2n) is 5.18. The van der Waals surface area contributed by atoms with Crippen LogP contribution in [0.1, 0.15) is 12.5 Å². The Labute approximate surface area is 133 Å². The van der Waals surface area contributed by atoms with Gasteiger partial charge in [-0.25, -0.2) is 4.98 Å². The highest BCUT2D eigenvalue weighted by molar-refractivity contribution is 8.00. The number of aromatic amines is 1. The summed E-state index contributed by atoms with van der Waals surface area (Å²) in [5.74, 6) is -0.0344. The number of nitrogens with one attached hydrogen (secondary N) is 2. The van der Waals surface area contributed by atoms with Crippen LogP contribution in [-0.4, -0.2) is 21.1 Å². The molecule has 0 spiro atoms. The molecule has 4 nitrogen and oxygen atoms in total. The predicted molar refractivity (Wildman–Crippen MR) is 91.2 cm³/mol. The van der Waals surface area contributed by atoms with Crippen molar-refractivity contribution < 1.29 is 4.79 Å². The number of thioether (sulfide) groups is 1. The molecule has 0 aliphatic carbocycles. The van der Waals surface area contributed by atoms with E-state index in [4.69, 9.17) is 0 Å².